The molecule has 118 valence electrons. The smallest absolute Gasteiger partial charge is 0.223 e. The third-order valence-electron chi connectivity index (χ3n) is 6.87. The first-order chi connectivity index (χ1) is 10.2. The van der Waals surface area contributed by atoms with Gasteiger partial charge in [0, 0.05) is 19.0 Å². The van der Waals surface area contributed by atoms with E-state index in [1.807, 2.05) is 4.90 Å². The second-order valence-corrected chi connectivity index (χ2v) is 8.49. The second kappa shape index (κ2) is 5.26. The molecule has 5 saturated carbocycles. The summed E-state index contributed by atoms with van der Waals surface area (Å²) in [6.45, 7) is 0.666. The van der Waals surface area contributed by atoms with Crippen molar-refractivity contribution in [3.63, 3.8) is 0 Å². The van der Waals surface area contributed by atoms with Crippen molar-refractivity contribution in [2.24, 2.45) is 23.2 Å². The fourth-order valence-electron chi connectivity index (χ4n) is 6.25. The van der Waals surface area contributed by atoms with Crippen LogP contribution < -0.4 is 0 Å². The van der Waals surface area contributed by atoms with Crippen LogP contribution in [0.15, 0.2) is 0 Å². The second-order valence-electron chi connectivity index (χ2n) is 8.49. The Hall–Kier alpha value is -0.570. The van der Waals surface area contributed by atoms with Gasteiger partial charge in [-0.2, -0.15) is 0 Å². The number of nitrogens with zero attached hydrogens (tertiary/aromatic N) is 1. The summed E-state index contributed by atoms with van der Waals surface area (Å²) in [5.41, 5.74) is 0.337. The molecular formula is C18H29NO2. The maximum absolute atomic E-state index is 12.9. The molecule has 0 unspecified atom stereocenters. The molecule has 5 rings (SSSR count). The zero-order valence-corrected chi connectivity index (χ0v) is 13.1. The summed E-state index contributed by atoms with van der Waals surface area (Å²) in [6.07, 6.45) is 12.6. The van der Waals surface area contributed by atoms with Crippen LogP contribution in [0.4, 0.5) is 0 Å². The van der Waals surface area contributed by atoms with Gasteiger partial charge in [0.25, 0.3) is 0 Å². The van der Waals surface area contributed by atoms with E-state index < -0.39 is 0 Å². The Morgan fingerprint density at radius 2 is 1.62 bits per heavy atom. The Labute approximate surface area is 128 Å². The molecule has 1 N–H and O–H groups in total. The van der Waals surface area contributed by atoms with Gasteiger partial charge in [0.15, 0.2) is 0 Å². The van der Waals surface area contributed by atoms with Crippen LogP contribution >= 0.6 is 0 Å². The summed E-state index contributed by atoms with van der Waals surface area (Å²) in [4.78, 5) is 14.9. The number of aliphatic hydroxyl groups excluding tert-OH is 1. The molecule has 5 aliphatic carbocycles. The summed E-state index contributed by atoms with van der Waals surface area (Å²) in [5, 5.41) is 9.29. The van der Waals surface area contributed by atoms with Crippen molar-refractivity contribution in [2.45, 2.75) is 70.3 Å². The highest BCUT2D eigenvalue weighted by Crippen LogP contribution is 2.61. The minimum Gasteiger partial charge on any atom is -0.395 e. The van der Waals surface area contributed by atoms with Gasteiger partial charge in [0.05, 0.1) is 6.61 Å². The zero-order valence-electron chi connectivity index (χ0n) is 13.1. The van der Waals surface area contributed by atoms with Crippen molar-refractivity contribution in [1.29, 1.82) is 0 Å². The van der Waals surface area contributed by atoms with Gasteiger partial charge in [0.2, 0.25) is 5.91 Å². The first-order valence-corrected chi connectivity index (χ1v) is 9.08. The van der Waals surface area contributed by atoms with Gasteiger partial charge in [-0.3, -0.25) is 4.79 Å². The van der Waals surface area contributed by atoms with Crippen molar-refractivity contribution < 1.29 is 9.90 Å². The Morgan fingerprint density at radius 3 is 2.05 bits per heavy atom. The maximum Gasteiger partial charge on any atom is 0.223 e. The quantitative estimate of drug-likeness (QED) is 0.846. The molecule has 4 bridgehead atoms. The lowest BCUT2D eigenvalue weighted by Gasteiger charge is -2.57. The van der Waals surface area contributed by atoms with Gasteiger partial charge in [-0.05, 0) is 81.0 Å². The molecule has 3 nitrogen and oxygen atoms in total. The van der Waals surface area contributed by atoms with E-state index >= 15 is 0 Å². The molecule has 0 aliphatic heterocycles. The first-order valence-electron chi connectivity index (χ1n) is 9.08. The molecule has 5 aliphatic rings. The lowest BCUT2D eigenvalue weighted by Crippen LogP contribution is -2.51. The molecule has 0 saturated heterocycles. The molecule has 1 amide bonds. The largest absolute Gasteiger partial charge is 0.395 e. The van der Waals surface area contributed by atoms with E-state index in [1.165, 1.54) is 44.9 Å². The Balaban J connectivity index is 1.45. The molecule has 0 radical (unpaired) electrons. The van der Waals surface area contributed by atoms with E-state index in [2.05, 4.69) is 0 Å². The van der Waals surface area contributed by atoms with Crippen molar-refractivity contribution in [2.75, 3.05) is 13.2 Å². The zero-order chi connectivity index (χ0) is 14.4. The molecule has 0 heterocycles. The fraction of sp³-hybridized carbons (Fsp3) is 0.944. The number of hydrogen-bond donors (Lipinski definition) is 1. The van der Waals surface area contributed by atoms with Gasteiger partial charge in [-0.25, -0.2) is 0 Å². The van der Waals surface area contributed by atoms with E-state index in [4.69, 9.17) is 0 Å². The van der Waals surface area contributed by atoms with Gasteiger partial charge in [-0.1, -0.05) is 0 Å². The van der Waals surface area contributed by atoms with E-state index in [0.717, 1.165) is 37.0 Å². The predicted octanol–water partition coefficient (Wildman–Crippen LogP) is 2.97. The number of hydrogen-bond acceptors (Lipinski definition) is 2. The molecule has 0 spiro atoms. The lowest BCUT2D eigenvalue weighted by atomic mass is 9.49. The van der Waals surface area contributed by atoms with Crippen LogP contribution in [-0.4, -0.2) is 35.1 Å². The molecule has 3 heteroatoms. The molecule has 0 aromatic carbocycles. The van der Waals surface area contributed by atoms with Gasteiger partial charge in [-0.15, -0.1) is 0 Å². The van der Waals surface area contributed by atoms with Gasteiger partial charge in [0.1, 0.15) is 0 Å². The standard InChI is InChI=1S/C18H29NO2/c20-5-4-19(16-2-1-3-16)17(21)12-18-9-13-6-14(10-18)8-15(7-13)11-18/h13-16,20H,1-12H2. The summed E-state index contributed by atoms with van der Waals surface area (Å²) >= 11 is 0. The number of rotatable bonds is 5. The third-order valence-corrected chi connectivity index (χ3v) is 6.87. The summed E-state index contributed by atoms with van der Waals surface area (Å²) < 4.78 is 0. The van der Waals surface area contributed by atoms with Crippen LogP contribution in [0, 0.1) is 23.2 Å². The highest BCUT2D eigenvalue weighted by atomic mass is 16.3. The number of amides is 1. The highest BCUT2D eigenvalue weighted by Gasteiger charge is 2.52. The molecule has 5 fully saturated rings. The average Bonchev–Trinajstić information content (AvgIpc) is 2.33. The van der Waals surface area contributed by atoms with Crippen molar-refractivity contribution in [1.82, 2.24) is 4.90 Å². The monoisotopic (exact) mass is 291 g/mol. The molecule has 21 heavy (non-hydrogen) atoms. The average molecular weight is 291 g/mol. The number of carbonyl (C=O) groups excluding carboxylic acids is 1. The van der Waals surface area contributed by atoms with Gasteiger partial charge >= 0.3 is 0 Å². The Bertz CT molecular complexity index is 380. The molecule has 0 atom stereocenters. The third kappa shape index (κ3) is 2.52. The molecular weight excluding hydrogens is 262 g/mol. The molecule has 0 aromatic heterocycles. The van der Waals surface area contributed by atoms with E-state index in [9.17, 15) is 9.90 Å². The topological polar surface area (TPSA) is 40.5 Å². The number of carbonyl (C=O) groups is 1. The van der Waals surface area contributed by atoms with Crippen molar-refractivity contribution >= 4 is 5.91 Å². The highest BCUT2D eigenvalue weighted by molar-refractivity contribution is 5.77. The van der Waals surface area contributed by atoms with Gasteiger partial charge < -0.3 is 10.0 Å². The fourth-order valence-corrected chi connectivity index (χ4v) is 6.25. The minimum absolute atomic E-state index is 0.114. The van der Waals surface area contributed by atoms with Crippen LogP contribution in [0.3, 0.4) is 0 Å². The minimum atomic E-state index is 0.114. The van der Waals surface area contributed by atoms with Crippen LogP contribution in [0.25, 0.3) is 0 Å². The predicted molar refractivity (Wildman–Crippen MR) is 81.7 cm³/mol. The number of aliphatic hydroxyl groups is 1. The normalized spacial score (nSPS) is 41.1. The van der Waals surface area contributed by atoms with E-state index in [-0.39, 0.29) is 6.61 Å². The van der Waals surface area contributed by atoms with Crippen molar-refractivity contribution in [3.05, 3.63) is 0 Å². The maximum atomic E-state index is 12.9. The lowest BCUT2D eigenvalue weighted by molar-refractivity contribution is -0.144. The van der Waals surface area contributed by atoms with E-state index in [1.54, 1.807) is 0 Å². The Morgan fingerprint density at radius 1 is 1.05 bits per heavy atom. The van der Waals surface area contributed by atoms with Crippen LogP contribution in [0.2, 0.25) is 0 Å². The van der Waals surface area contributed by atoms with Crippen molar-refractivity contribution in [3.8, 4) is 0 Å². The van der Waals surface area contributed by atoms with E-state index in [0.29, 0.717) is 23.9 Å². The summed E-state index contributed by atoms with van der Waals surface area (Å²) in [5.74, 6) is 3.09. The van der Waals surface area contributed by atoms with Crippen LogP contribution in [0.1, 0.15) is 64.2 Å². The summed E-state index contributed by atoms with van der Waals surface area (Å²) in [7, 11) is 0. The van der Waals surface area contributed by atoms with Crippen LogP contribution in [-0.2, 0) is 4.79 Å². The SMILES string of the molecule is O=C(CC12CC3CC(CC(C3)C1)C2)N(CCO)C1CCC1. The summed E-state index contributed by atoms with van der Waals surface area (Å²) in [6, 6.07) is 0.429. The first kappa shape index (κ1) is 14.0. The van der Waals surface area contributed by atoms with Crippen LogP contribution in [0.5, 0.6) is 0 Å². The molecule has 0 aromatic rings. The Kier molecular flexibility index (Phi) is 3.52.